The molecule has 0 saturated carbocycles. The van der Waals surface area contributed by atoms with Crippen molar-refractivity contribution < 1.29 is 9.72 Å². The lowest BCUT2D eigenvalue weighted by Gasteiger charge is -2.09. The zero-order valence-corrected chi connectivity index (χ0v) is 15.8. The molecule has 3 aromatic rings. The number of benzene rings is 2. The van der Waals surface area contributed by atoms with Gasteiger partial charge in [0.05, 0.1) is 4.92 Å². The molecule has 0 aliphatic heterocycles. The topological polar surface area (TPSA) is 90.9 Å². The number of nitro groups is 1. The number of carbonyl (C=O) groups excluding carboxylic acids is 1. The minimum Gasteiger partial charge on any atom is -0.306 e. The van der Waals surface area contributed by atoms with Crippen molar-refractivity contribution >= 4 is 23.2 Å². The maximum atomic E-state index is 12.0. The summed E-state index contributed by atoms with van der Waals surface area (Å²) >= 11 is 1.29. The van der Waals surface area contributed by atoms with Crippen LogP contribution in [0.25, 0.3) is 0 Å². The van der Waals surface area contributed by atoms with Gasteiger partial charge in [0.2, 0.25) is 0 Å². The minimum atomic E-state index is -0.507. The van der Waals surface area contributed by atoms with E-state index in [1.165, 1.54) is 30.8 Å². The average Bonchev–Trinajstić information content (AvgIpc) is 3.03. The SMILES string of the molecule is CCn1c(Cc2ccccc2)nnc1Sc1ccc([N+](=O)[O-])cc1C(C)=O. The number of ketones is 1. The number of rotatable bonds is 7. The Morgan fingerprint density at radius 1 is 1.19 bits per heavy atom. The van der Waals surface area contributed by atoms with E-state index in [0.717, 1.165) is 11.4 Å². The Kier molecular flexibility index (Phi) is 5.66. The quantitative estimate of drug-likeness (QED) is 0.346. The monoisotopic (exact) mass is 382 g/mol. The Hall–Kier alpha value is -3.00. The molecule has 0 fully saturated rings. The number of nitrogens with zero attached hydrogens (tertiary/aromatic N) is 4. The molecular weight excluding hydrogens is 364 g/mol. The van der Waals surface area contributed by atoms with E-state index < -0.39 is 4.92 Å². The lowest BCUT2D eigenvalue weighted by atomic mass is 10.1. The molecule has 0 radical (unpaired) electrons. The van der Waals surface area contributed by atoms with Gasteiger partial charge in [-0.1, -0.05) is 30.3 Å². The van der Waals surface area contributed by atoms with E-state index >= 15 is 0 Å². The molecule has 8 heteroatoms. The Labute approximate surface area is 160 Å². The third kappa shape index (κ3) is 4.22. The molecule has 0 unspecified atom stereocenters. The van der Waals surface area contributed by atoms with Gasteiger partial charge in [0.1, 0.15) is 5.82 Å². The lowest BCUT2D eigenvalue weighted by molar-refractivity contribution is -0.384. The maximum absolute atomic E-state index is 12.0. The second-order valence-electron chi connectivity index (χ2n) is 5.90. The van der Waals surface area contributed by atoms with E-state index in [1.54, 1.807) is 6.07 Å². The molecule has 3 rings (SSSR count). The van der Waals surface area contributed by atoms with Gasteiger partial charge in [-0.15, -0.1) is 10.2 Å². The fraction of sp³-hybridized carbons (Fsp3) is 0.211. The summed E-state index contributed by atoms with van der Waals surface area (Å²) in [7, 11) is 0. The van der Waals surface area contributed by atoms with Crippen molar-refractivity contribution in [1.29, 1.82) is 0 Å². The van der Waals surface area contributed by atoms with E-state index in [4.69, 9.17) is 0 Å². The molecule has 2 aromatic carbocycles. The highest BCUT2D eigenvalue weighted by Crippen LogP contribution is 2.32. The number of nitro benzene ring substituents is 1. The summed E-state index contributed by atoms with van der Waals surface area (Å²) in [5.74, 6) is 0.603. The second-order valence-corrected chi connectivity index (χ2v) is 6.91. The van der Waals surface area contributed by atoms with Crippen LogP contribution in [-0.2, 0) is 13.0 Å². The van der Waals surface area contributed by atoms with Crippen molar-refractivity contribution in [2.24, 2.45) is 0 Å². The van der Waals surface area contributed by atoms with Crippen LogP contribution in [0.3, 0.4) is 0 Å². The van der Waals surface area contributed by atoms with E-state index in [2.05, 4.69) is 10.2 Å². The molecule has 0 spiro atoms. The summed E-state index contributed by atoms with van der Waals surface area (Å²) in [6, 6.07) is 14.3. The first-order chi connectivity index (χ1) is 13.0. The highest BCUT2D eigenvalue weighted by Gasteiger charge is 2.18. The summed E-state index contributed by atoms with van der Waals surface area (Å²) in [6.45, 7) is 4.08. The first-order valence-corrected chi connectivity index (χ1v) is 9.24. The fourth-order valence-corrected chi connectivity index (χ4v) is 3.79. The number of aromatic nitrogens is 3. The zero-order valence-electron chi connectivity index (χ0n) is 15.0. The van der Waals surface area contributed by atoms with Crippen molar-refractivity contribution in [1.82, 2.24) is 14.8 Å². The molecule has 0 N–H and O–H groups in total. The highest BCUT2D eigenvalue weighted by atomic mass is 32.2. The van der Waals surface area contributed by atoms with Crippen LogP contribution in [0, 0.1) is 10.1 Å². The molecule has 0 bridgehead atoms. The first kappa shape index (κ1) is 18.8. The smallest absolute Gasteiger partial charge is 0.270 e. The summed E-state index contributed by atoms with van der Waals surface area (Å²) in [5, 5.41) is 20.2. The summed E-state index contributed by atoms with van der Waals surface area (Å²) < 4.78 is 1.99. The summed E-state index contributed by atoms with van der Waals surface area (Å²) in [5.41, 5.74) is 1.34. The van der Waals surface area contributed by atoms with Crippen LogP contribution in [0.15, 0.2) is 58.6 Å². The summed E-state index contributed by atoms with van der Waals surface area (Å²) in [6.07, 6.45) is 0.655. The van der Waals surface area contributed by atoms with Gasteiger partial charge in [-0.2, -0.15) is 0 Å². The third-order valence-electron chi connectivity index (χ3n) is 4.07. The number of hydrogen-bond acceptors (Lipinski definition) is 6. The van der Waals surface area contributed by atoms with Gasteiger partial charge in [-0.3, -0.25) is 14.9 Å². The predicted octanol–water partition coefficient (Wildman–Crippen LogP) is 4.15. The van der Waals surface area contributed by atoms with Crippen LogP contribution in [0.4, 0.5) is 5.69 Å². The van der Waals surface area contributed by atoms with Crippen molar-refractivity contribution in [2.75, 3.05) is 0 Å². The molecule has 0 atom stereocenters. The molecule has 0 aliphatic carbocycles. The van der Waals surface area contributed by atoms with Crippen LogP contribution in [0.1, 0.15) is 35.6 Å². The molecule has 0 aliphatic rings. The first-order valence-electron chi connectivity index (χ1n) is 8.42. The lowest BCUT2D eigenvalue weighted by Crippen LogP contribution is -2.04. The van der Waals surface area contributed by atoms with Crippen LogP contribution >= 0.6 is 11.8 Å². The van der Waals surface area contributed by atoms with Gasteiger partial charge in [-0.25, -0.2) is 0 Å². The molecule has 1 heterocycles. The predicted molar refractivity (Wildman–Crippen MR) is 102 cm³/mol. The van der Waals surface area contributed by atoms with Crippen molar-refractivity contribution in [2.45, 2.75) is 36.9 Å². The van der Waals surface area contributed by atoms with Crippen LogP contribution in [0.2, 0.25) is 0 Å². The number of hydrogen-bond donors (Lipinski definition) is 0. The van der Waals surface area contributed by atoms with Crippen LogP contribution in [-0.4, -0.2) is 25.5 Å². The van der Waals surface area contributed by atoms with E-state index in [-0.39, 0.29) is 11.5 Å². The molecular formula is C19H18N4O3S. The average molecular weight is 382 g/mol. The molecule has 138 valence electrons. The van der Waals surface area contributed by atoms with Gasteiger partial charge < -0.3 is 4.57 Å². The number of carbonyl (C=O) groups is 1. The van der Waals surface area contributed by atoms with E-state index in [9.17, 15) is 14.9 Å². The van der Waals surface area contributed by atoms with Gasteiger partial charge in [0.25, 0.3) is 5.69 Å². The van der Waals surface area contributed by atoms with E-state index in [0.29, 0.717) is 28.6 Å². The standard InChI is InChI=1S/C19H18N4O3S/c1-3-22-18(11-14-7-5-4-6-8-14)20-21-19(22)27-17-10-9-15(23(25)26)12-16(17)13(2)24/h4-10,12H,3,11H2,1-2H3. The maximum Gasteiger partial charge on any atom is 0.270 e. The fourth-order valence-electron chi connectivity index (χ4n) is 2.72. The Balaban J connectivity index is 1.92. The Morgan fingerprint density at radius 2 is 1.93 bits per heavy atom. The van der Waals surface area contributed by atoms with Gasteiger partial charge in [0.15, 0.2) is 10.9 Å². The highest BCUT2D eigenvalue weighted by molar-refractivity contribution is 7.99. The van der Waals surface area contributed by atoms with E-state index in [1.807, 2.05) is 41.8 Å². The van der Waals surface area contributed by atoms with Crippen LogP contribution in [0.5, 0.6) is 0 Å². The molecule has 0 amide bonds. The molecule has 0 saturated heterocycles. The molecule has 1 aromatic heterocycles. The Morgan fingerprint density at radius 3 is 2.56 bits per heavy atom. The second kappa shape index (κ2) is 8.13. The van der Waals surface area contributed by atoms with Gasteiger partial charge >= 0.3 is 0 Å². The summed E-state index contributed by atoms with van der Waals surface area (Å²) in [4.78, 5) is 23.1. The number of non-ortho nitro benzene ring substituents is 1. The molecule has 7 nitrogen and oxygen atoms in total. The minimum absolute atomic E-state index is 0.105. The van der Waals surface area contributed by atoms with Gasteiger partial charge in [-0.05, 0) is 37.2 Å². The van der Waals surface area contributed by atoms with Crippen LogP contribution < -0.4 is 0 Å². The molecule has 27 heavy (non-hydrogen) atoms. The van der Waals surface area contributed by atoms with Gasteiger partial charge in [0, 0.05) is 35.6 Å². The zero-order chi connectivity index (χ0) is 19.4. The van der Waals surface area contributed by atoms with Crippen molar-refractivity contribution in [3.8, 4) is 0 Å². The van der Waals surface area contributed by atoms with Crippen molar-refractivity contribution in [3.63, 3.8) is 0 Å². The number of Topliss-reactive ketones (excluding diaryl/α,β-unsaturated/α-hetero) is 1. The largest absolute Gasteiger partial charge is 0.306 e. The van der Waals surface area contributed by atoms with Crippen molar-refractivity contribution in [3.05, 3.63) is 75.6 Å². The normalized spacial score (nSPS) is 10.7. The Bertz CT molecular complexity index is 986. The third-order valence-corrected chi connectivity index (χ3v) is 5.13.